The van der Waals surface area contributed by atoms with Gasteiger partial charge in [0.05, 0.1) is 17.3 Å². The first-order valence-electron chi connectivity index (χ1n) is 6.42. The lowest BCUT2D eigenvalue weighted by atomic mass is 10.2. The molecule has 8 heteroatoms. The Balaban J connectivity index is 1.79. The van der Waals surface area contributed by atoms with Gasteiger partial charge in [-0.15, -0.1) is 0 Å². The molecule has 2 aliphatic heterocycles. The fourth-order valence-electron chi connectivity index (χ4n) is 2.60. The number of carbonyl (C=O) groups excluding carboxylic acids is 1. The van der Waals surface area contributed by atoms with Crippen LogP contribution in [0.1, 0.15) is 16.1 Å². The third kappa shape index (κ3) is 2.02. The second kappa shape index (κ2) is 4.62. The van der Waals surface area contributed by atoms with Gasteiger partial charge in [0.25, 0.3) is 0 Å². The Bertz CT molecular complexity index is 576. The van der Waals surface area contributed by atoms with Crippen molar-refractivity contribution in [3.05, 3.63) is 17.5 Å². The van der Waals surface area contributed by atoms with Gasteiger partial charge in [-0.3, -0.25) is 0 Å². The third-order valence-corrected chi connectivity index (χ3v) is 3.71. The third-order valence-electron chi connectivity index (χ3n) is 3.71. The van der Waals surface area contributed by atoms with E-state index in [0.717, 1.165) is 0 Å². The van der Waals surface area contributed by atoms with Gasteiger partial charge in [0, 0.05) is 32.4 Å². The quantitative estimate of drug-likeness (QED) is 0.770. The van der Waals surface area contributed by atoms with Crippen molar-refractivity contribution in [1.29, 1.82) is 0 Å². The number of hydrogen-bond acceptors (Lipinski definition) is 5. The lowest BCUT2D eigenvalue weighted by Gasteiger charge is -2.36. The van der Waals surface area contributed by atoms with Gasteiger partial charge in [0.2, 0.25) is 5.95 Å². The van der Waals surface area contributed by atoms with Crippen LogP contribution < -0.4 is 10.2 Å². The Kier molecular flexibility index (Phi) is 2.92. The normalized spacial score (nSPS) is 21.6. The standard InChI is InChI=1S/C12H15N5O3/c1-7-9(10(18)19)5-13-11(15-7)16-2-3-17-8(6-16)4-14-12(17)20/h5,8H,2-4,6H2,1H3,(H,14,20)(H,18,19). The minimum absolute atomic E-state index is 0.0204. The minimum Gasteiger partial charge on any atom is -0.478 e. The van der Waals surface area contributed by atoms with E-state index >= 15 is 0 Å². The first kappa shape index (κ1) is 12.6. The number of anilines is 1. The molecule has 1 unspecified atom stereocenters. The molecule has 2 aliphatic rings. The van der Waals surface area contributed by atoms with E-state index in [1.54, 1.807) is 6.92 Å². The van der Waals surface area contributed by atoms with Gasteiger partial charge in [-0.05, 0) is 6.92 Å². The highest BCUT2D eigenvalue weighted by Gasteiger charge is 2.36. The lowest BCUT2D eigenvalue weighted by molar-refractivity contribution is 0.0695. The molecule has 1 aromatic rings. The Labute approximate surface area is 115 Å². The number of carboxylic acids is 1. The fraction of sp³-hybridized carbons (Fsp3) is 0.500. The van der Waals surface area contributed by atoms with Crippen LogP contribution in [0, 0.1) is 6.92 Å². The van der Waals surface area contributed by atoms with Crippen LogP contribution in [0.2, 0.25) is 0 Å². The molecule has 2 saturated heterocycles. The largest absolute Gasteiger partial charge is 0.478 e. The number of rotatable bonds is 2. The number of aryl methyl sites for hydroxylation is 1. The molecule has 3 heterocycles. The number of fused-ring (bicyclic) bond motifs is 1. The topological polar surface area (TPSA) is 98.7 Å². The van der Waals surface area contributed by atoms with Crippen LogP contribution in [-0.4, -0.2) is 64.2 Å². The molecule has 20 heavy (non-hydrogen) atoms. The van der Waals surface area contributed by atoms with E-state index in [1.165, 1.54) is 6.20 Å². The van der Waals surface area contributed by atoms with Crippen LogP contribution >= 0.6 is 0 Å². The van der Waals surface area contributed by atoms with E-state index in [1.807, 2.05) is 9.80 Å². The van der Waals surface area contributed by atoms with Crippen LogP contribution in [-0.2, 0) is 0 Å². The molecular weight excluding hydrogens is 262 g/mol. The Morgan fingerprint density at radius 3 is 3.00 bits per heavy atom. The fourth-order valence-corrected chi connectivity index (χ4v) is 2.60. The number of piperazine rings is 1. The zero-order valence-electron chi connectivity index (χ0n) is 11.0. The number of urea groups is 1. The molecule has 0 bridgehead atoms. The summed E-state index contributed by atoms with van der Waals surface area (Å²) in [5.41, 5.74) is 0.565. The first-order valence-corrected chi connectivity index (χ1v) is 6.42. The Morgan fingerprint density at radius 1 is 1.50 bits per heavy atom. The molecule has 3 rings (SSSR count). The number of nitrogens with one attached hydrogen (secondary N) is 1. The second-order valence-corrected chi connectivity index (χ2v) is 4.95. The minimum atomic E-state index is -1.02. The van der Waals surface area contributed by atoms with Crippen LogP contribution in [0.4, 0.5) is 10.7 Å². The molecule has 2 N–H and O–H groups in total. The van der Waals surface area contributed by atoms with Gasteiger partial charge in [0.1, 0.15) is 0 Å². The van der Waals surface area contributed by atoms with Crippen LogP contribution in [0.25, 0.3) is 0 Å². The van der Waals surface area contributed by atoms with Gasteiger partial charge in [0.15, 0.2) is 0 Å². The van der Waals surface area contributed by atoms with Gasteiger partial charge < -0.3 is 20.2 Å². The average Bonchev–Trinajstić information content (AvgIpc) is 2.79. The summed E-state index contributed by atoms with van der Waals surface area (Å²) in [6, 6.07) is 0.104. The average molecular weight is 277 g/mol. The van der Waals surface area contributed by atoms with Crippen LogP contribution in [0.15, 0.2) is 6.20 Å². The zero-order chi connectivity index (χ0) is 14.3. The van der Waals surface area contributed by atoms with Gasteiger partial charge in [-0.2, -0.15) is 0 Å². The maximum absolute atomic E-state index is 11.5. The van der Waals surface area contributed by atoms with E-state index < -0.39 is 5.97 Å². The zero-order valence-corrected chi connectivity index (χ0v) is 11.0. The predicted molar refractivity (Wildman–Crippen MR) is 69.8 cm³/mol. The monoisotopic (exact) mass is 277 g/mol. The van der Waals surface area contributed by atoms with E-state index in [4.69, 9.17) is 5.11 Å². The van der Waals surface area contributed by atoms with Crippen molar-refractivity contribution in [1.82, 2.24) is 20.2 Å². The molecular formula is C12H15N5O3. The van der Waals surface area contributed by atoms with Crippen molar-refractivity contribution in [2.45, 2.75) is 13.0 Å². The summed E-state index contributed by atoms with van der Waals surface area (Å²) < 4.78 is 0. The molecule has 0 radical (unpaired) electrons. The summed E-state index contributed by atoms with van der Waals surface area (Å²) in [6.45, 7) is 4.22. The molecule has 2 amide bonds. The maximum atomic E-state index is 11.5. The number of aromatic nitrogens is 2. The van der Waals surface area contributed by atoms with Gasteiger partial charge >= 0.3 is 12.0 Å². The number of amides is 2. The highest BCUT2D eigenvalue weighted by Crippen LogP contribution is 2.19. The van der Waals surface area contributed by atoms with Crippen molar-refractivity contribution in [2.24, 2.45) is 0 Å². The van der Waals surface area contributed by atoms with Crippen molar-refractivity contribution < 1.29 is 14.7 Å². The van der Waals surface area contributed by atoms with Gasteiger partial charge in [-0.1, -0.05) is 0 Å². The number of hydrogen-bond donors (Lipinski definition) is 2. The molecule has 0 aliphatic carbocycles. The molecule has 2 fully saturated rings. The SMILES string of the molecule is Cc1nc(N2CCN3C(=O)NCC3C2)ncc1C(=O)O. The van der Waals surface area contributed by atoms with E-state index in [9.17, 15) is 9.59 Å². The number of nitrogens with zero attached hydrogens (tertiary/aromatic N) is 4. The van der Waals surface area contributed by atoms with Crippen molar-refractivity contribution >= 4 is 17.9 Å². The van der Waals surface area contributed by atoms with Crippen LogP contribution in [0.5, 0.6) is 0 Å². The maximum Gasteiger partial charge on any atom is 0.339 e. The lowest BCUT2D eigenvalue weighted by Crippen LogP contribution is -2.52. The highest BCUT2D eigenvalue weighted by atomic mass is 16.4. The van der Waals surface area contributed by atoms with Crippen molar-refractivity contribution in [3.8, 4) is 0 Å². The second-order valence-electron chi connectivity index (χ2n) is 4.95. The Morgan fingerprint density at radius 2 is 2.30 bits per heavy atom. The first-order chi connectivity index (χ1) is 9.56. The molecule has 106 valence electrons. The summed E-state index contributed by atoms with van der Waals surface area (Å²) in [6.07, 6.45) is 1.34. The molecule has 0 saturated carbocycles. The summed E-state index contributed by atoms with van der Waals surface area (Å²) in [5, 5.41) is 11.8. The van der Waals surface area contributed by atoms with Crippen molar-refractivity contribution in [2.75, 3.05) is 31.1 Å². The Hall–Kier alpha value is -2.38. The molecule has 8 nitrogen and oxygen atoms in total. The summed E-state index contributed by atoms with van der Waals surface area (Å²) in [7, 11) is 0. The van der Waals surface area contributed by atoms with Gasteiger partial charge in [-0.25, -0.2) is 19.6 Å². The smallest absolute Gasteiger partial charge is 0.339 e. The summed E-state index contributed by atoms with van der Waals surface area (Å²) >= 11 is 0. The van der Waals surface area contributed by atoms with Crippen LogP contribution in [0.3, 0.4) is 0 Å². The summed E-state index contributed by atoms with van der Waals surface area (Å²) in [4.78, 5) is 34.7. The van der Waals surface area contributed by atoms with Crippen molar-refractivity contribution in [3.63, 3.8) is 0 Å². The summed E-state index contributed by atoms with van der Waals surface area (Å²) in [5.74, 6) is -0.504. The number of aromatic carboxylic acids is 1. The van der Waals surface area contributed by atoms with E-state index in [0.29, 0.717) is 37.8 Å². The molecule has 1 atom stereocenters. The molecule has 0 spiro atoms. The predicted octanol–water partition coefficient (Wildman–Crippen LogP) is -0.303. The highest BCUT2D eigenvalue weighted by molar-refractivity contribution is 5.88. The molecule has 1 aromatic heterocycles. The van der Waals surface area contributed by atoms with E-state index in [-0.39, 0.29) is 17.6 Å². The van der Waals surface area contributed by atoms with E-state index in [2.05, 4.69) is 15.3 Å². The molecule has 0 aromatic carbocycles. The number of carbonyl (C=O) groups is 2. The number of carboxylic acid groups (broad SMARTS) is 1.